The van der Waals surface area contributed by atoms with Gasteiger partial charge in [0.2, 0.25) is 0 Å². The van der Waals surface area contributed by atoms with Crippen LogP contribution >= 0.6 is 0 Å². The highest BCUT2D eigenvalue weighted by molar-refractivity contribution is 5.33. The van der Waals surface area contributed by atoms with E-state index in [4.69, 9.17) is 14.7 Å². The van der Waals surface area contributed by atoms with Crippen molar-refractivity contribution in [3.8, 4) is 11.8 Å². The van der Waals surface area contributed by atoms with Gasteiger partial charge in [0.05, 0.1) is 12.7 Å². The molecule has 1 rings (SSSR count). The summed E-state index contributed by atoms with van der Waals surface area (Å²) in [7, 11) is 1.55. The van der Waals surface area contributed by atoms with Crippen molar-refractivity contribution < 1.29 is 14.6 Å². The summed E-state index contributed by atoms with van der Waals surface area (Å²) in [5.41, 5.74) is 0.956. The molecule has 0 radical (unpaired) electrons. The maximum Gasteiger partial charge on any atom is 0.174 e. The van der Waals surface area contributed by atoms with Gasteiger partial charge in [0.25, 0.3) is 0 Å². The Balaban J connectivity index is 2.43. The molecule has 0 saturated carbocycles. The lowest BCUT2D eigenvalue weighted by atomic mass is 10.2. The van der Waals surface area contributed by atoms with Crippen LogP contribution in [0.5, 0.6) is 5.75 Å². The van der Waals surface area contributed by atoms with Gasteiger partial charge in [0.1, 0.15) is 11.8 Å². The smallest absolute Gasteiger partial charge is 0.174 e. The average Bonchev–Trinajstić information content (AvgIpc) is 2.38. The fraction of sp³-hybridized carbons (Fsp3) is 0.462. The van der Waals surface area contributed by atoms with Gasteiger partial charge >= 0.3 is 0 Å². The molecule has 18 heavy (non-hydrogen) atoms. The first-order valence-corrected chi connectivity index (χ1v) is 5.73. The van der Waals surface area contributed by atoms with Crippen molar-refractivity contribution in [1.29, 1.82) is 5.26 Å². The quantitative estimate of drug-likeness (QED) is 0.710. The summed E-state index contributed by atoms with van der Waals surface area (Å²) >= 11 is 0. The monoisotopic (exact) mass is 250 g/mol. The van der Waals surface area contributed by atoms with Gasteiger partial charge in [-0.2, -0.15) is 5.26 Å². The molecule has 1 aromatic carbocycles. The second-order valence-corrected chi connectivity index (χ2v) is 3.79. The molecule has 0 amide bonds. The van der Waals surface area contributed by atoms with Crippen LogP contribution in [0.4, 0.5) is 0 Å². The zero-order chi connectivity index (χ0) is 13.2. The molecule has 1 atom stereocenters. The van der Waals surface area contributed by atoms with Crippen LogP contribution in [-0.4, -0.2) is 38.1 Å². The molecule has 1 aromatic rings. The third-order valence-electron chi connectivity index (χ3n) is 2.32. The minimum atomic E-state index is -0.526. The Labute approximate surface area is 107 Å². The van der Waals surface area contributed by atoms with Gasteiger partial charge in [-0.1, -0.05) is 18.2 Å². The fourth-order valence-corrected chi connectivity index (χ4v) is 1.53. The van der Waals surface area contributed by atoms with Gasteiger partial charge in [-0.15, -0.1) is 0 Å². The first-order chi connectivity index (χ1) is 8.77. The lowest BCUT2D eigenvalue weighted by Crippen LogP contribution is -2.29. The normalized spacial score (nSPS) is 11.8. The van der Waals surface area contributed by atoms with Crippen LogP contribution in [0.15, 0.2) is 24.3 Å². The van der Waals surface area contributed by atoms with E-state index >= 15 is 0 Å². The number of nitrogens with one attached hydrogen (secondary N) is 1. The van der Waals surface area contributed by atoms with Crippen LogP contribution in [0.2, 0.25) is 0 Å². The second-order valence-electron chi connectivity index (χ2n) is 3.79. The van der Waals surface area contributed by atoms with Crippen molar-refractivity contribution >= 4 is 0 Å². The van der Waals surface area contributed by atoms with E-state index < -0.39 is 6.10 Å². The third kappa shape index (κ3) is 5.15. The Morgan fingerprint density at radius 1 is 1.44 bits per heavy atom. The van der Waals surface area contributed by atoms with Crippen molar-refractivity contribution in [2.75, 3.05) is 26.9 Å². The predicted molar refractivity (Wildman–Crippen MR) is 67.1 cm³/mol. The van der Waals surface area contributed by atoms with Crippen molar-refractivity contribution in [1.82, 2.24) is 5.32 Å². The molecule has 5 nitrogen and oxygen atoms in total. The summed E-state index contributed by atoms with van der Waals surface area (Å²) in [6, 6.07) is 9.44. The molecule has 0 aliphatic carbocycles. The molecule has 98 valence electrons. The highest BCUT2D eigenvalue weighted by Crippen LogP contribution is 2.17. The van der Waals surface area contributed by atoms with E-state index in [1.807, 2.05) is 30.3 Å². The van der Waals surface area contributed by atoms with Gasteiger partial charge in [0, 0.05) is 25.8 Å². The number of para-hydroxylation sites is 1. The molecule has 2 N–H and O–H groups in total. The Morgan fingerprint density at radius 2 is 2.22 bits per heavy atom. The second kappa shape index (κ2) is 8.48. The summed E-state index contributed by atoms with van der Waals surface area (Å²) in [6.45, 7) is 1.35. The Kier molecular flexibility index (Phi) is 6.81. The van der Waals surface area contributed by atoms with Crippen LogP contribution in [0, 0.1) is 11.3 Å². The molecule has 0 heterocycles. The minimum Gasteiger partial charge on any atom is -0.478 e. The molecule has 0 fully saturated rings. The number of methoxy groups -OCH3 is 1. The topological polar surface area (TPSA) is 74.5 Å². The average molecular weight is 250 g/mol. The number of hydrogen-bond acceptors (Lipinski definition) is 5. The van der Waals surface area contributed by atoms with Gasteiger partial charge in [0.15, 0.2) is 6.61 Å². The molecule has 0 aliphatic heterocycles. The molecule has 0 spiro atoms. The van der Waals surface area contributed by atoms with Gasteiger partial charge < -0.3 is 19.9 Å². The van der Waals surface area contributed by atoms with Crippen LogP contribution in [-0.2, 0) is 11.3 Å². The van der Waals surface area contributed by atoms with Crippen molar-refractivity contribution in [3.63, 3.8) is 0 Å². The first kappa shape index (κ1) is 14.5. The number of hydrogen-bond donors (Lipinski definition) is 2. The number of aliphatic hydroxyl groups is 1. The number of rotatable bonds is 8. The first-order valence-electron chi connectivity index (χ1n) is 5.73. The number of nitriles is 1. The summed E-state index contributed by atoms with van der Waals surface area (Å²) in [5, 5.41) is 21.1. The summed E-state index contributed by atoms with van der Waals surface area (Å²) in [6.07, 6.45) is -0.526. The van der Waals surface area contributed by atoms with Crippen LogP contribution < -0.4 is 10.1 Å². The zero-order valence-electron chi connectivity index (χ0n) is 10.4. The molecule has 1 unspecified atom stereocenters. The fourth-order valence-electron chi connectivity index (χ4n) is 1.53. The molecule has 0 aromatic heterocycles. The Hall–Kier alpha value is -1.61. The number of nitrogens with zero attached hydrogens (tertiary/aromatic N) is 1. The Morgan fingerprint density at radius 3 is 2.94 bits per heavy atom. The van der Waals surface area contributed by atoms with Gasteiger partial charge in [-0.3, -0.25) is 0 Å². The highest BCUT2D eigenvalue weighted by Gasteiger charge is 2.05. The van der Waals surface area contributed by atoms with E-state index in [9.17, 15) is 5.11 Å². The van der Waals surface area contributed by atoms with Crippen LogP contribution in [0.1, 0.15) is 5.56 Å². The predicted octanol–water partition coefficient (Wildman–Crippen LogP) is 0.686. The summed E-state index contributed by atoms with van der Waals surface area (Å²) < 4.78 is 10.1. The SMILES string of the molecule is COCC(O)CNCc1ccccc1OCC#N. The van der Waals surface area contributed by atoms with E-state index in [1.54, 1.807) is 7.11 Å². The van der Waals surface area contributed by atoms with Crippen molar-refractivity contribution in [2.45, 2.75) is 12.6 Å². The van der Waals surface area contributed by atoms with E-state index in [-0.39, 0.29) is 6.61 Å². The third-order valence-corrected chi connectivity index (χ3v) is 2.32. The molecule has 0 saturated heterocycles. The lowest BCUT2D eigenvalue weighted by molar-refractivity contribution is 0.0644. The molecular formula is C13H18N2O3. The number of benzene rings is 1. The molecule has 0 bridgehead atoms. The van der Waals surface area contributed by atoms with E-state index in [1.165, 1.54) is 0 Å². The summed E-state index contributed by atoms with van der Waals surface area (Å²) in [4.78, 5) is 0. The molecule has 0 aliphatic rings. The van der Waals surface area contributed by atoms with E-state index in [0.717, 1.165) is 5.56 Å². The minimum absolute atomic E-state index is 0.0311. The highest BCUT2D eigenvalue weighted by atomic mass is 16.5. The molecule has 5 heteroatoms. The van der Waals surface area contributed by atoms with Crippen LogP contribution in [0.3, 0.4) is 0 Å². The largest absolute Gasteiger partial charge is 0.478 e. The van der Waals surface area contributed by atoms with Crippen molar-refractivity contribution in [3.05, 3.63) is 29.8 Å². The summed E-state index contributed by atoms with van der Waals surface area (Å²) in [5.74, 6) is 0.688. The van der Waals surface area contributed by atoms with E-state index in [2.05, 4.69) is 5.32 Å². The standard InChI is InChI=1S/C13H18N2O3/c1-17-10-12(16)9-15-8-11-4-2-3-5-13(11)18-7-6-14/h2-5,12,15-16H,7-10H2,1H3. The van der Waals surface area contributed by atoms with Gasteiger partial charge in [-0.05, 0) is 6.07 Å². The zero-order valence-corrected chi connectivity index (χ0v) is 10.4. The van der Waals surface area contributed by atoms with Crippen molar-refractivity contribution in [2.24, 2.45) is 0 Å². The van der Waals surface area contributed by atoms with Crippen LogP contribution in [0.25, 0.3) is 0 Å². The maximum absolute atomic E-state index is 9.48. The lowest BCUT2D eigenvalue weighted by Gasteiger charge is -2.12. The van der Waals surface area contributed by atoms with E-state index in [0.29, 0.717) is 25.4 Å². The maximum atomic E-state index is 9.48. The Bertz CT molecular complexity index is 390. The number of ether oxygens (including phenoxy) is 2. The molecular weight excluding hydrogens is 232 g/mol. The van der Waals surface area contributed by atoms with Gasteiger partial charge in [-0.25, -0.2) is 0 Å². The number of aliphatic hydroxyl groups excluding tert-OH is 1.